The van der Waals surface area contributed by atoms with Crippen LogP contribution in [0.25, 0.3) is 0 Å². The van der Waals surface area contributed by atoms with Crippen molar-refractivity contribution in [1.82, 2.24) is 10.6 Å². The second-order valence-corrected chi connectivity index (χ2v) is 10.2. The van der Waals surface area contributed by atoms with Crippen LogP contribution in [0.5, 0.6) is 0 Å². The zero-order valence-electron chi connectivity index (χ0n) is 19.4. The molecule has 3 rings (SSSR count). The molecule has 1 aliphatic heterocycles. The molecule has 0 bridgehead atoms. The zero-order chi connectivity index (χ0) is 23.6. The number of esters is 1. The van der Waals surface area contributed by atoms with Gasteiger partial charge in [-0.2, -0.15) is 24.4 Å². The molecular weight excluding hydrogens is 452 g/mol. The van der Waals surface area contributed by atoms with Crippen LogP contribution in [0.2, 0.25) is 0 Å². The second kappa shape index (κ2) is 13.1. The highest BCUT2D eigenvalue weighted by atomic mass is 32.2. The number of hydrogen-bond acceptors (Lipinski definition) is 6. The third-order valence-electron chi connectivity index (χ3n) is 6.04. The number of carbonyl (C=O) groups is 2. The van der Waals surface area contributed by atoms with Gasteiger partial charge in [-0.1, -0.05) is 42.5 Å². The molecule has 0 spiro atoms. The fraction of sp³-hybridized carbons (Fsp3) is 0.462. The molecule has 7 heteroatoms. The minimum absolute atomic E-state index is 0.228. The summed E-state index contributed by atoms with van der Waals surface area (Å²) >= 11 is 6.20. The summed E-state index contributed by atoms with van der Waals surface area (Å²) < 4.78 is 4.92. The predicted molar refractivity (Wildman–Crippen MR) is 139 cm³/mol. The molecule has 3 atom stereocenters. The Morgan fingerprint density at radius 2 is 2.00 bits per heavy atom. The number of hydrogen-bond donors (Lipinski definition) is 3. The maximum Gasteiger partial charge on any atom is 0.328 e. The van der Waals surface area contributed by atoms with Crippen molar-refractivity contribution in [2.45, 2.75) is 49.4 Å². The number of benzene rings is 2. The summed E-state index contributed by atoms with van der Waals surface area (Å²) in [6, 6.07) is 16.1. The highest BCUT2D eigenvalue weighted by Gasteiger charge is 2.24. The van der Waals surface area contributed by atoms with Crippen molar-refractivity contribution in [3.8, 4) is 0 Å². The number of nitrogens with one attached hydrogen (secondary N) is 2. The number of carbonyl (C=O) groups excluding carboxylic acids is 2. The van der Waals surface area contributed by atoms with Crippen LogP contribution in [0, 0.1) is 0 Å². The van der Waals surface area contributed by atoms with Gasteiger partial charge in [0.15, 0.2) is 0 Å². The van der Waals surface area contributed by atoms with Crippen molar-refractivity contribution in [2.75, 3.05) is 25.7 Å². The van der Waals surface area contributed by atoms with Gasteiger partial charge < -0.3 is 15.4 Å². The van der Waals surface area contributed by atoms with Gasteiger partial charge in [0.1, 0.15) is 6.04 Å². The smallest absolute Gasteiger partial charge is 0.328 e. The molecule has 33 heavy (non-hydrogen) atoms. The molecule has 1 amide bonds. The molecule has 0 radical (unpaired) electrons. The summed E-state index contributed by atoms with van der Waals surface area (Å²) in [5.74, 6) is 0.123. The van der Waals surface area contributed by atoms with E-state index in [0.29, 0.717) is 29.7 Å². The molecule has 2 N–H and O–H groups in total. The molecule has 5 nitrogen and oxygen atoms in total. The lowest BCUT2D eigenvalue weighted by molar-refractivity contribution is -0.142. The number of ether oxygens (including phenoxy) is 1. The lowest BCUT2D eigenvalue weighted by Crippen LogP contribution is -2.42. The zero-order valence-corrected chi connectivity index (χ0v) is 21.1. The Bertz CT molecular complexity index is 923. The van der Waals surface area contributed by atoms with Crippen molar-refractivity contribution in [3.05, 3.63) is 70.8 Å². The Labute approximate surface area is 206 Å². The van der Waals surface area contributed by atoms with Gasteiger partial charge in [-0.05, 0) is 66.9 Å². The first-order valence-corrected chi connectivity index (χ1v) is 13.4. The molecule has 2 aromatic rings. The van der Waals surface area contributed by atoms with E-state index in [9.17, 15) is 9.59 Å². The molecule has 178 valence electrons. The van der Waals surface area contributed by atoms with E-state index in [2.05, 4.69) is 47.5 Å². The molecule has 1 fully saturated rings. The van der Waals surface area contributed by atoms with E-state index in [0.717, 1.165) is 48.3 Å². The highest BCUT2D eigenvalue weighted by molar-refractivity contribution is 7.98. The van der Waals surface area contributed by atoms with Gasteiger partial charge in [0.05, 0.1) is 7.11 Å². The Morgan fingerprint density at radius 1 is 1.21 bits per heavy atom. The van der Waals surface area contributed by atoms with Crippen LogP contribution in [0.1, 0.15) is 46.3 Å². The third-order valence-corrected chi connectivity index (χ3v) is 7.08. The van der Waals surface area contributed by atoms with E-state index in [1.807, 2.05) is 30.5 Å². The van der Waals surface area contributed by atoms with Gasteiger partial charge >= 0.3 is 5.97 Å². The molecule has 0 aliphatic carbocycles. The fourth-order valence-electron chi connectivity index (χ4n) is 4.18. The van der Waals surface area contributed by atoms with Gasteiger partial charge in [0.25, 0.3) is 5.91 Å². The molecule has 0 saturated carbocycles. The summed E-state index contributed by atoms with van der Waals surface area (Å²) in [6.45, 7) is 0.947. The van der Waals surface area contributed by atoms with E-state index in [-0.39, 0.29) is 5.91 Å². The summed E-state index contributed by atoms with van der Waals surface area (Å²) in [6.07, 6.45) is 6.13. The number of rotatable bonds is 11. The Kier molecular flexibility index (Phi) is 10.2. The van der Waals surface area contributed by atoms with Crippen LogP contribution in [0.3, 0.4) is 0 Å². The van der Waals surface area contributed by atoms with Crippen molar-refractivity contribution in [3.63, 3.8) is 0 Å². The van der Waals surface area contributed by atoms with Crippen molar-refractivity contribution < 1.29 is 14.3 Å². The van der Waals surface area contributed by atoms with Gasteiger partial charge in [-0.15, -0.1) is 0 Å². The van der Waals surface area contributed by atoms with Crippen LogP contribution in [-0.4, -0.2) is 54.9 Å². The average Bonchev–Trinajstić information content (AvgIpc) is 3.26. The number of thiol groups is 1. The minimum atomic E-state index is -0.654. The summed E-state index contributed by atoms with van der Waals surface area (Å²) in [7, 11) is 1.36. The number of aryl methyl sites for hydroxylation is 1. The normalized spacial score (nSPS) is 18.6. The fourth-order valence-corrected chi connectivity index (χ4v) is 5.01. The Balaban J connectivity index is 1.80. The molecule has 1 aliphatic rings. The van der Waals surface area contributed by atoms with Crippen LogP contribution >= 0.6 is 24.4 Å². The minimum Gasteiger partial charge on any atom is -0.467 e. The Hall–Kier alpha value is -1.96. The largest absolute Gasteiger partial charge is 0.467 e. The molecule has 0 unspecified atom stereocenters. The maximum absolute atomic E-state index is 13.4. The van der Waals surface area contributed by atoms with Gasteiger partial charge in [-0.25, -0.2) is 4.79 Å². The number of amides is 1. The van der Waals surface area contributed by atoms with E-state index in [4.69, 9.17) is 4.74 Å². The van der Waals surface area contributed by atoms with E-state index in [1.165, 1.54) is 7.11 Å². The SMILES string of the molecule is COC(=O)[C@H](CCSC)NC(=O)c1cc(CC[C@H]2C[C@H](S)CN2)ccc1Cc1ccccc1. The van der Waals surface area contributed by atoms with E-state index < -0.39 is 12.0 Å². The molecule has 1 heterocycles. The van der Waals surface area contributed by atoms with Crippen LogP contribution in [-0.2, 0) is 22.4 Å². The quantitative estimate of drug-likeness (QED) is 0.332. The first-order chi connectivity index (χ1) is 16.0. The molecule has 0 aromatic heterocycles. The third kappa shape index (κ3) is 7.80. The maximum atomic E-state index is 13.4. The topological polar surface area (TPSA) is 67.4 Å². The van der Waals surface area contributed by atoms with Crippen LogP contribution < -0.4 is 10.6 Å². The second-order valence-electron chi connectivity index (χ2n) is 8.52. The van der Waals surface area contributed by atoms with Gasteiger partial charge in [0.2, 0.25) is 0 Å². The number of methoxy groups -OCH3 is 1. The summed E-state index contributed by atoms with van der Waals surface area (Å²) in [5.41, 5.74) is 3.84. The lowest BCUT2D eigenvalue weighted by atomic mass is 9.94. The Morgan fingerprint density at radius 3 is 2.67 bits per heavy atom. The first kappa shape index (κ1) is 25.7. The highest BCUT2D eigenvalue weighted by Crippen LogP contribution is 2.21. The van der Waals surface area contributed by atoms with Crippen LogP contribution in [0.4, 0.5) is 0 Å². The first-order valence-electron chi connectivity index (χ1n) is 11.4. The molecule has 1 saturated heterocycles. The monoisotopic (exact) mass is 486 g/mol. The van der Waals surface area contributed by atoms with E-state index >= 15 is 0 Å². The van der Waals surface area contributed by atoms with Crippen molar-refractivity contribution >= 4 is 36.3 Å². The molecular formula is C26H34N2O3S2. The van der Waals surface area contributed by atoms with Crippen molar-refractivity contribution in [1.29, 1.82) is 0 Å². The van der Waals surface area contributed by atoms with Gasteiger partial charge in [0, 0.05) is 23.4 Å². The summed E-state index contributed by atoms with van der Waals surface area (Å²) in [4.78, 5) is 25.6. The number of thioether (sulfide) groups is 1. The van der Waals surface area contributed by atoms with Crippen molar-refractivity contribution in [2.24, 2.45) is 0 Å². The average molecular weight is 487 g/mol. The predicted octanol–water partition coefficient (Wildman–Crippen LogP) is 3.89. The van der Waals surface area contributed by atoms with E-state index in [1.54, 1.807) is 11.8 Å². The van der Waals surface area contributed by atoms with Gasteiger partial charge in [-0.3, -0.25) is 4.79 Å². The standard InChI is InChI=1S/C26H34N2O3S2/c1-31-26(30)24(12-13-33-2)28-25(29)23-15-19(9-11-21-16-22(32)17-27-21)8-10-20(23)14-18-6-4-3-5-7-18/h3-8,10,15,21-22,24,27,32H,9,11-14,16-17H2,1-2H3,(H,28,29)/t21-,22-,24-/m0/s1. The lowest BCUT2D eigenvalue weighted by Gasteiger charge is -2.18. The summed E-state index contributed by atoms with van der Waals surface area (Å²) in [5, 5.41) is 6.86. The molecule has 2 aromatic carbocycles. The van der Waals surface area contributed by atoms with Crippen LogP contribution in [0.15, 0.2) is 48.5 Å².